The molecule has 11 heteroatoms. The van der Waals surface area contributed by atoms with E-state index in [9.17, 15) is 18.8 Å². The van der Waals surface area contributed by atoms with Crippen molar-refractivity contribution in [3.63, 3.8) is 0 Å². The molecule has 1 saturated heterocycles. The molecule has 0 saturated carbocycles. The van der Waals surface area contributed by atoms with Gasteiger partial charge in [-0.05, 0) is 53.6 Å². The number of methoxy groups -OCH3 is 1. The maximum Gasteiger partial charge on any atom is 0.336 e. The quantitative estimate of drug-likeness (QED) is 0.299. The van der Waals surface area contributed by atoms with Crippen molar-refractivity contribution in [3.05, 3.63) is 92.2 Å². The minimum absolute atomic E-state index is 0.105. The van der Waals surface area contributed by atoms with Gasteiger partial charge in [0.1, 0.15) is 18.0 Å². The van der Waals surface area contributed by atoms with Crippen LogP contribution >= 0.6 is 34.8 Å². The number of nitrogens with one attached hydrogen (secondary N) is 1. The summed E-state index contributed by atoms with van der Waals surface area (Å²) in [6.45, 7) is 0.105. The lowest BCUT2D eigenvalue weighted by Gasteiger charge is -2.26. The van der Waals surface area contributed by atoms with E-state index in [1.807, 2.05) is 5.32 Å². The van der Waals surface area contributed by atoms with Gasteiger partial charge in [-0.3, -0.25) is 14.9 Å². The van der Waals surface area contributed by atoms with Crippen molar-refractivity contribution in [2.75, 3.05) is 12.0 Å². The summed E-state index contributed by atoms with van der Waals surface area (Å²) in [6, 6.07) is 12.1. The van der Waals surface area contributed by atoms with Crippen molar-refractivity contribution in [2.45, 2.75) is 6.61 Å². The molecule has 36 heavy (non-hydrogen) atoms. The van der Waals surface area contributed by atoms with Crippen molar-refractivity contribution in [3.8, 4) is 11.5 Å². The maximum atomic E-state index is 14.3. The van der Waals surface area contributed by atoms with Crippen LogP contribution in [0.3, 0.4) is 0 Å². The molecule has 1 heterocycles. The molecule has 7 nitrogen and oxygen atoms in total. The number of hydrogen-bond acceptors (Lipinski definition) is 5. The molecule has 1 fully saturated rings. The van der Waals surface area contributed by atoms with E-state index in [-0.39, 0.29) is 28.8 Å². The van der Waals surface area contributed by atoms with E-state index >= 15 is 0 Å². The summed E-state index contributed by atoms with van der Waals surface area (Å²) in [7, 11) is 1.39. The Morgan fingerprint density at radius 2 is 1.72 bits per heavy atom. The fourth-order valence-corrected chi connectivity index (χ4v) is 4.02. The Labute approximate surface area is 220 Å². The largest absolute Gasteiger partial charge is 0.493 e. The zero-order valence-electron chi connectivity index (χ0n) is 18.5. The van der Waals surface area contributed by atoms with Gasteiger partial charge >= 0.3 is 6.03 Å². The molecule has 0 unspecified atom stereocenters. The number of nitrogens with zero attached hydrogens (tertiary/aromatic N) is 1. The number of para-hydroxylation sites is 1. The Kier molecular flexibility index (Phi) is 7.49. The first kappa shape index (κ1) is 25.5. The minimum Gasteiger partial charge on any atom is -0.493 e. The first-order valence-corrected chi connectivity index (χ1v) is 11.4. The number of hydrogen-bond donors (Lipinski definition) is 1. The van der Waals surface area contributed by atoms with Crippen LogP contribution in [0.1, 0.15) is 11.1 Å². The normalized spacial score (nSPS) is 14.8. The third-order valence-corrected chi connectivity index (χ3v) is 6.14. The number of ether oxygens (including phenoxy) is 2. The average Bonchev–Trinajstić information content (AvgIpc) is 2.84. The minimum atomic E-state index is -1.06. The Bertz CT molecular complexity index is 1430. The van der Waals surface area contributed by atoms with Gasteiger partial charge in [-0.2, -0.15) is 0 Å². The van der Waals surface area contributed by atoms with Crippen molar-refractivity contribution in [2.24, 2.45) is 0 Å². The molecular formula is C25H16Cl3FN2O5. The van der Waals surface area contributed by atoms with Crippen molar-refractivity contribution < 1.29 is 28.2 Å². The molecular weight excluding hydrogens is 534 g/mol. The third-order valence-electron chi connectivity index (χ3n) is 5.12. The lowest BCUT2D eigenvalue weighted by Crippen LogP contribution is -2.54. The van der Waals surface area contributed by atoms with Gasteiger partial charge in [-0.25, -0.2) is 14.1 Å². The van der Waals surface area contributed by atoms with Crippen LogP contribution in [0.25, 0.3) is 6.08 Å². The van der Waals surface area contributed by atoms with E-state index in [0.717, 1.165) is 11.6 Å². The van der Waals surface area contributed by atoms with E-state index in [2.05, 4.69) is 0 Å². The second-order valence-electron chi connectivity index (χ2n) is 7.48. The average molecular weight is 550 g/mol. The van der Waals surface area contributed by atoms with Gasteiger partial charge in [0.15, 0.2) is 11.5 Å². The fourth-order valence-electron chi connectivity index (χ4n) is 3.42. The van der Waals surface area contributed by atoms with E-state index in [1.54, 1.807) is 18.2 Å². The first-order chi connectivity index (χ1) is 17.2. The molecule has 1 N–H and O–H groups in total. The highest BCUT2D eigenvalue weighted by molar-refractivity contribution is 6.42. The van der Waals surface area contributed by atoms with Gasteiger partial charge in [0.2, 0.25) is 0 Å². The van der Waals surface area contributed by atoms with Crippen molar-refractivity contribution >= 4 is 64.4 Å². The Morgan fingerprint density at radius 3 is 2.42 bits per heavy atom. The third kappa shape index (κ3) is 5.16. The summed E-state index contributed by atoms with van der Waals surface area (Å²) in [5, 5.41) is 2.95. The van der Waals surface area contributed by atoms with Crippen LogP contribution in [0.5, 0.6) is 11.5 Å². The fraction of sp³-hybridized carbons (Fsp3) is 0.0800. The maximum absolute atomic E-state index is 14.3. The molecule has 0 radical (unpaired) electrons. The smallest absolute Gasteiger partial charge is 0.336 e. The number of carbonyl (C=O) groups is 3. The molecule has 3 aromatic rings. The second-order valence-corrected chi connectivity index (χ2v) is 8.70. The summed E-state index contributed by atoms with van der Waals surface area (Å²) in [5.41, 5.74) is 0.344. The van der Waals surface area contributed by atoms with E-state index in [0.29, 0.717) is 20.5 Å². The van der Waals surface area contributed by atoms with E-state index < -0.39 is 29.2 Å². The number of amides is 4. The highest BCUT2D eigenvalue weighted by Crippen LogP contribution is 2.38. The highest BCUT2D eigenvalue weighted by atomic mass is 35.5. The summed E-state index contributed by atoms with van der Waals surface area (Å²) >= 11 is 18.4. The molecule has 0 spiro atoms. The predicted molar refractivity (Wildman–Crippen MR) is 134 cm³/mol. The van der Waals surface area contributed by atoms with E-state index in [4.69, 9.17) is 44.3 Å². The molecule has 0 atom stereocenters. The summed E-state index contributed by atoms with van der Waals surface area (Å²) < 4.78 is 25.5. The molecule has 1 aliphatic rings. The van der Waals surface area contributed by atoms with Crippen LogP contribution in [-0.4, -0.2) is 25.0 Å². The molecule has 4 amide bonds. The number of halogens is 4. The number of anilines is 1. The number of benzene rings is 3. The Morgan fingerprint density at radius 1 is 0.972 bits per heavy atom. The zero-order valence-corrected chi connectivity index (χ0v) is 20.7. The number of rotatable bonds is 6. The standard InChI is InChI=1S/C25H16Cl3FN2O5/c1-35-21-11-14(10-18(28)22(21)36-12-13-6-7-16(26)17(27)9-13)8-15-23(32)30-25(34)31(24(15)33)20-5-3-2-4-19(20)29/h2-11H,12H2,1H3,(H,30,32,34)/b15-8-. The molecule has 0 aliphatic carbocycles. The SMILES string of the molecule is COc1cc(/C=C2/C(=O)NC(=O)N(c3ccccc3F)C2=O)cc(Cl)c1OCc1ccc(Cl)c(Cl)c1. The van der Waals surface area contributed by atoms with Gasteiger partial charge in [0, 0.05) is 0 Å². The Balaban J connectivity index is 1.64. The van der Waals surface area contributed by atoms with Crippen LogP contribution < -0.4 is 19.7 Å². The van der Waals surface area contributed by atoms with Crippen LogP contribution in [0.4, 0.5) is 14.9 Å². The van der Waals surface area contributed by atoms with Gasteiger partial charge in [-0.1, -0.05) is 53.0 Å². The highest BCUT2D eigenvalue weighted by Gasteiger charge is 2.38. The molecule has 3 aromatic carbocycles. The Hall–Kier alpha value is -3.59. The molecule has 0 aromatic heterocycles. The molecule has 184 valence electrons. The summed E-state index contributed by atoms with van der Waals surface area (Å²) in [5.74, 6) is -2.30. The van der Waals surface area contributed by atoms with Gasteiger partial charge < -0.3 is 9.47 Å². The number of carbonyl (C=O) groups excluding carboxylic acids is 3. The van der Waals surface area contributed by atoms with Gasteiger partial charge in [-0.15, -0.1) is 0 Å². The molecule has 0 bridgehead atoms. The number of barbiturate groups is 1. The van der Waals surface area contributed by atoms with Gasteiger partial charge in [0.25, 0.3) is 11.8 Å². The topological polar surface area (TPSA) is 84.9 Å². The zero-order chi connectivity index (χ0) is 26.0. The van der Waals surface area contributed by atoms with Crippen molar-refractivity contribution in [1.82, 2.24) is 5.32 Å². The monoisotopic (exact) mass is 548 g/mol. The number of imide groups is 2. The van der Waals surface area contributed by atoms with Crippen LogP contribution in [0, 0.1) is 5.82 Å². The van der Waals surface area contributed by atoms with Gasteiger partial charge in [0.05, 0.1) is 27.9 Å². The lowest BCUT2D eigenvalue weighted by molar-refractivity contribution is -0.122. The van der Waals surface area contributed by atoms with Crippen LogP contribution in [0.2, 0.25) is 15.1 Å². The summed E-state index contributed by atoms with van der Waals surface area (Å²) in [6.07, 6.45) is 1.22. The van der Waals surface area contributed by atoms with Crippen LogP contribution in [0.15, 0.2) is 60.2 Å². The van der Waals surface area contributed by atoms with Crippen molar-refractivity contribution in [1.29, 1.82) is 0 Å². The number of urea groups is 1. The lowest BCUT2D eigenvalue weighted by atomic mass is 10.1. The predicted octanol–water partition coefficient (Wildman–Crippen LogP) is 6.04. The van der Waals surface area contributed by atoms with Crippen LogP contribution in [-0.2, 0) is 16.2 Å². The first-order valence-electron chi connectivity index (χ1n) is 10.3. The molecule has 1 aliphatic heterocycles. The second kappa shape index (κ2) is 10.6. The van der Waals surface area contributed by atoms with E-state index in [1.165, 1.54) is 43.5 Å². The summed E-state index contributed by atoms with van der Waals surface area (Å²) in [4.78, 5) is 38.3. The molecule has 4 rings (SSSR count).